The standard InChI is InChI=1S/C16H15F3N2O2S/c1-9-3-4-11(14(22)20-8-16(17,18)19)7-12(9)21-15(23)13-10(2)5-6-24-13/h3-7H,8H2,1-2H3,(H,20,22)(H,21,23). The minimum absolute atomic E-state index is 0.0445. The Labute approximate surface area is 140 Å². The number of anilines is 1. The Morgan fingerprint density at radius 3 is 2.38 bits per heavy atom. The second kappa shape index (κ2) is 7.04. The Bertz CT molecular complexity index is 769. The molecule has 0 bridgehead atoms. The smallest absolute Gasteiger partial charge is 0.343 e. The van der Waals surface area contributed by atoms with E-state index in [0.29, 0.717) is 16.1 Å². The summed E-state index contributed by atoms with van der Waals surface area (Å²) in [6.45, 7) is 2.13. The third-order valence-electron chi connectivity index (χ3n) is 3.27. The van der Waals surface area contributed by atoms with Gasteiger partial charge < -0.3 is 10.6 Å². The number of carbonyl (C=O) groups is 2. The first kappa shape index (κ1) is 18.0. The van der Waals surface area contributed by atoms with Gasteiger partial charge in [0.1, 0.15) is 6.54 Å². The van der Waals surface area contributed by atoms with Gasteiger partial charge in [-0.3, -0.25) is 9.59 Å². The summed E-state index contributed by atoms with van der Waals surface area (Å²) in [6, 6.07) is 6.15. The summed E-state index contributed by atoms with van der Waals surface area (Å²) in [4.78, 5) is 24.6. The lowest BCUT2D eigenvalue weighted by atomic mass is 10.1. The molecule has 1 heterocycles. The number of hydrogen-bond acceptors (Lipinski definition) is 3. The van der Waals surface area contributed by atoms with E-state index in [4.69, 9.17) is 0 Å². The lowest BCUT2D eigenvalue weighted by molar-refractivity contribution is -0.123. The van der Waals surface area contributed by atoms with E-state index in [0.717, 1.165) is 5.56 Å². The van der Waals surface area contributed by atoms with Crippen LogP contribution in [0.4, 0.5) is 18.9 Å². The highest BCUT2D eigenvalue weighted by Gasteiger charge is 2.28. The summed E-state index contributed by atoms with van der Waals surface area (Å²) in [6.07, 6.45) is -4.48. The van der Waals surface area contributed by atoms with Crippen molar-refractivity contribution in [2.45, 2.75) is 20.0 Å². The SMILES string of the molecule is Cc1ccc(C(=O)NCC(F)(F)F)cc1NC(=O)c1sccc1C. The van der Waals surface area contributed by atoms with Crippen LogP contribution in [0.15, 0.2) is 29.6 Å². The van der Waals surface area contributed by atoms with Gasteiger partial charge in [-0.1, -0.05) is 6.07 Å². The fourth-order valence-electron chi connectivity index (χ4n) is 1.96. The molecule has 0 saturated carbocycles. The van der Waals surface area contributed by atoms with Crippen molar-refractivity contribution in [2.24, 2.45) is 0 Å². The van der Waals surface area contributed by atoms with Gasteiger partial charge in [-0.15, -0.1) is 11.3 Å². The summed E-state index contributed by atoms with van der Waals surface area (Å²) in [5.74, 6) is -1.17. The van der Waals surface area contributed by atoms with E-state index in [1.54, 1.807) is 30.6 Å². The van der Waals surface area contributed by atoms with Crippen molar-refractivity contribution in [3.8, 4) is 0 Å². The average molecular weight is 356 g/mol. The first-order valence-electron chi connectivity index (χ1n) is 6.98. The van der Waals surface area contributed by atoms with Crippen LogP contribution in [0.5, 0.6) is 0 Å². The Hall–Kier alpha value is -2.35. The molecule has 128 valence electrons. The number of nitrogens with one attached hydrogen (secondary N) is 2. The summed E-state index contributed by atoms with van der Waals surface area (Å²) in [7, 11) is 0. The van der Waals surface area contributed by atoms with Crippen LogP contribution in [0.3, 0.4) is 0 Å². The zero-order valence-electron chi connectivity index (χ0n) is 13.0. The van der Waals surface area contributed by atoms with E-state index in [-0.39, 0.29) is 11.5 Å². The maximum Gasteiger partial charge on any atom is 0.405 e. The van der Waals surface area contributed by atoms with Gasteiger partial charge in [-0.05, 0) is 48.6 Å². The van der Waals surface area contributed by atoms with Crippen LogP contribution in [-0.2, 0) is 0 Å². The molecule has 0 radical (unpaired) electrons. The molecule has 0 spiro atoms. The largest absolute Gasteiger partial charge is 0.405 e. The number of alkyl halides is 3. The molecule has 4 nitrogen and oxygen atoms in total. The van der Waals surface area contributed by atoms with Gasteiger partial charge in [0.2, 0.25) is 0 Å². The molecule has 1 aromatic heterocycles. The van der Waals surface area contributed by atoms with E-state index < -0.39 is 18.6 Å². The zero-order chi connectivity index (χ0) is 17.9. The van der Waals surface area contributed by atoms with E-state index in [1.165, 1.54) is 23.5 Å². The van der Waals surface area contributed by atoms with E-state index in [1.807, 2.05) is 6.07 Å². The second-order valence-electron chi connectivity index (χ2n) is 5.21. The van der Waals surface area contributed by atoms with Crippen molar-refractivity contribution >= 4 is 28.8 Å². The third kappa shape index (κ3) is 4.58. The number of rotatable bonds is 4. The van der Waals surface area contributed by atoms with Gasteiger partial charge in [0.25, 0.3) is 11.8 Å². The summed E-state index contributed by atoms with van der Waals surface area (Å²) in [5, 5.41) is 6.28. The average Bonchev–Trinajstić information content (AvgIpc) is 2.92. The minimum atomic E-state index is -4.48. The van der Waals surface area contributed by atoms with Crippen LogP contribution in [0.25, 0.3) is 0 Å². The molecule has 0 fully saturated rings. The lowest BCUT2D eigenvalue weighted by Gasteiger charge is -2.12. The van der Waals surface area contributed by atoms with E-state index >= 15 is 0 Å². The molecule has 2 rings (SSSR count). The molecule has 2 N–H and O–H groups in total. The maximum absolute atomic E-state index is 12.2. The number of carbonyl (C=O) groups excluding carboxylic acids is 2. The molecule has 0 aliphatic carbocycles. The minimum Gasteiger partial charge on any atom is -0.343 e. The molecule has 1 aromatic carbocycles. The zero-order valence-corrected chi connectivity index (χ0v) is 13.8. The quantitative estimate of drug-likeness (QED) is 0.873. The first-order valence-corrected chi connectivity index (χ1v) is 7.86. The Morgan fingerprint density at radius 2 is 1.79 bits per heavy atom. The molecule has 8 heteroatoms. The predicted octanol–water partition coefficient (Wildman–Crippen LogP) is 3.91. The Balaban J connectivity index is 2.15. The van der Waals surface area contributed by atoms with Gasteiger partial charge >= 0.3 is 6.18 Å². The number of benzene rings is 1. The Kier molecular flexibility index (Phi) is 5.28. The van der Waals surface area contributed by atoms with Crippen LogP contribution >= 0.6 is 11.3 Å². The molecule has 0 aliphatic heterocycles. The molecule has 24 heavy (non-hydrogen) atoms. The van der Waals surface area contributed by atoms with Gasteiger partial charge in [0.05, 0.1) is 4.88 Å². The molecule has 2 amide bonds. The molecular formula is C16H15F3N2O2S. The molecule has 0 aliphatic rings. The lowest BCUT2D eigenvalue weighted by Crippen LogP contribution is -2.33. The van der Waals surface area contributed by atoms with Crippen molar-refractivity contribution in [1.82, 2.24) is 5.32 Å². The number of aryl methyl sites for hydroxylation is 2. The highest BCUT2D eigenvalue weighted by Crippen LogP contribution is 2.21. The van der Waals surface area contributed by atoms with Gasteiger partial charge in [-0.2, -0.15) is 13.2 Å². The van der Waals surface area contributed by atoms with Crippen LogP contribution < -0.4 is 10.6 Å². The summed E-state index contributed by atoms with van der Waals surface area (Å²) < 4.78 is 36.5. The highest BCUT2D eigenvalue weighted by molar-refractivity contribution is 7.12. The van der Waals surface area contributed by atoms with Crippen LogP contribution in [0.2, 0.25) is 0 Å². The van der Waals surface area contributed by atoms with Crippen molar-refractivity contribution in [2.75, 3.05) is 11.9 Å². The topological polar surface area (TPSA) is 58.2 Å². The molecule has 0 saturated heterocycles. The third-order valence-corrected chi connectivity index (χ3v) is 4.28. The van der Waals surface area contributed by atoms with Crippen molar-refractivity contribution in [3.05, 3.63) is 51.2 Å². The summed E-state index contributed by atoms with van der Waals surface area (Å²) >= 11 is 1.29. The van der Waals surface area contributed by atoms with Gasteiger partial charge in [-0.25, -0.2) is 0 Å². The predicted molar refractivity (Wildman–Crippen MR) is 86.6 cm³/mol. The molecule has 0 atom stereocenters. The number of hydrogen-bond donors (Lipinski definition) is 2. The normalized spacial score (nSPS) is 11.2. The number of halogens is 3. The molecule has 0 unspecified atom stereocenters. The monoisotopic (exact) mass is 356 g/mol. The maximum atomic E-state index is 12.2. The highest BCUT2D eigenvalue weighted by atomic mass is 32.1. The first-order chi connectivity index (χ1) is 11.2. The van der Waals surface area contributed by atoms with Crippen LogP contribution in [0, 0.1) is 13.8 Å². The summed E-state index contributed by atoms with van der Waals surface area (Å²) in [5.41, 5.74) is 1.95. The van der Waals surface area contributed by atoms with Gasteiger partial charge in [0, 0.05) is 11.3 Å². The molecule has 2 aromatic rings. The fraction of sp³-hybridized carbons (Fsp3) is 0.250. The van der Waals surface area contributed by atoms with E-state index in [2.05, 4.69) is 5.32 Å². The van der Waals surface area contributed by atoms with Gasteiger partial charge in [0.15, 0.2) is 0 Å². The second-order valence-corrected chi connectivity index (χ2v) is 6.13. The van der Waals surface area contributed by atoms with E-state index in [9.17, 15) is 22.8 Å². The van der Waals surface area contributed by atoms with Crippen molar-refractivity contribution < 1.29 is 22.8 Å². The van der Waals surface area contributed by atoms with Crippen molar-refractivity contribution in [3.63, 3.8) is 0 Å². The fourth-order valence-corrected chi connectivity index (χ4v) is 2.79. The number of thiophene rings is 1. The molecular weight excluding hydrogens is 341 g/mol. The van der Waals surface area contributed by atoms with Crippen LogP contribution in [-0.4, -0.2) is 24.5 Å². The Morgan fingerprint density at radius 1 is 1.08 bits per heavy atom. The van der Waals surface area contributed by atoms with Crippen molar-refractivity contribution in [1.29, 1.82) is 0 Å². The number of amides is 2. The van der Waals surface area contributed by atoms with Crippen LogP contribution in [0.1, 0.15) is 31.2 Å².